The first kappa shape index (κ1) is 28.9. The van der Waals surface area contributed by atoms with Crippen molar-refractivity contribution in [1.82, 2.24) is 0 Å². The summed E-state index contributed by atoms with van der Waals surface area (Å²) in [5.41, 5.74) is 13.2. The van der Waals surface area contributed by atoms with E-state index < -0.39 is 5.92 Å². The third-order valence-electron chi connectivity index (χ3n) is 7.39. The molecule has 40 heavy (non-hydrogen) atoms. The maximum Gasteiger partial charge on any atom is 0.161 e. The second kappa shape index (κ2) is 11.7. The molecule has 2 aliphatic rings. The number of nitrogens with two attached hydrogens (primary N) is 1. The first-order valence-corrected chi connectivity index (χ1v) is 15.2. The normalized spacial score (nSPS) is 17.3. The van der Waals surface area contributed by atoms with Crippen LogP contribution in [0.15, 0.2) is 76.1 Å². The molecule has 4 nitrogen and oxygen atoms in total. The van der Waals surface area contributed by atoms with Gasteiger partial charge in [0.15, 0.2) is 5.78 Å². The van der Waals surface area contributed by atoms with Crippen molar-refractivity contribution in [3.05, 3.63) is 114 Å². The van der Waals surface area contributed by atoms with Gasteiger partial charge in [-0.25, -0.2) is 0 Å². The van der Waals surface area contributed by atoms with Gasteiger partial charge in [-0.1, -0.05) is 58.5 Å². The zero-order chi connectivity index (χ0) is 28.7. The molecule has 1 unspecified atom stereocenters. The van der Waals surface area contributed by atoms with Crippen molar-refractivity contribution in [2.75, 3.05) is 4.90 Å². The summed E-state index contributed by atoms with van der Waals surface area (Å²) in [7, 11) is 0. The van der Waals surface area contributed by atoms with Crippen LogP contribution in [0.2, 0.25) is 20.1 Å². The molecule has 0 bridgehead atoms. The van der Waals surface area contributed by atoms with Crippen LogP contribution in [-0.2, 0) is 10.5 Å². The van der Waals surface area contributed by atoms with E-state index in [0.717, 1.165) is 32.8 Å². The van der Waals surface area contributed by atoms with Gasteiger partial charge in [-0.15, -0.1) is 11.8 Å². The Morgan fingerprint density at radius 1 is 0.975 bits per heavy atom. The zero-order valence-corrected chi connectivity index (χ0v) is 25.7. The minimum Gasteiger partial charge on any atom is -0.384 e. The van der Waals surface area contributed by atoms with Gasteiger partial charge in [-0.3, -0.25) is 9.69 Å². The number of anilines is 1. The van der Waals surface area contributed by atoms with Crippen molar-refractivity contribution in [3.63, 3.8) is 0 Å². The molecule has 0 saturated carbocycles. The molecule has 0 saturated heterocycles. The highest BCUT2D eigenvalue weighted by atomic mass is 35.5. The number of carbonyl (C=O) groups is 1. The Kier molecular flexibility index (Phi) is 8.47. The standard InChI is InChI=1S/C31H25Cl4N3OS/c1-16-10-17(2)21(11-18(16)15-40-28-12-19(32)6-8-24(28)34)29-22(14-36)31(37)38(20-7-9-23(33)25(35)13-20)26-4-3-5-27(39)30(26)29/h6-13,29H,3-5,15,37H2,1-2H3. The third-order valence-corrected chi connectivity index (χ3v) is 9.91. The lowest BCUT2D eigenvalue weighted by molar-refractivity contribution is -0.116. The molecule has 204 valence electrons. The minimum atomic E-state index is -0.564. The van der Waals surface area contributed by atoms with E-state index in [2.05, 4.69) is 25.1 Å². The van der Waals surface area contributed by atoms with Crippen LogP contribution in [0.25, 0.3) is 0 Å². The number of nitriles is 1. The van der Waals surface area contributed by atoms with Crippen LogP contribution in [0.4, 0.5) is 5.69 Å². The highest BCUT2D eigenvalue weighted by molar-refractivity contribution is 7.98. The van der Waals surface area contributed by atoms with Gasteiger partial charge in [0, 0.05) is 39.0 Å². The first-order chi connectivity index (χ1) is 19.1. The number of carbonyl (C=O) groups excluding carboxylic acids is 1. The van der Waals surface area contributed by atoms with E-state index in [4.69, 9.17) is 52.1 Å². The molecule has 1 aliphatic carbocycles. The van der Waals surface area contributed by atoms with Gasteiger partial charge in [0.25, 0.3) is 0 Å². The Morgan fingerprint density at radius 2 is 1.73 bits per heavy atom. The zero-order valence-electron chi connectivity index (χ0n) is 21.8. The van der Waals surface area contributed by atoms with Crippen molar-refractivity contribution < 1.29 is 4.79 Å². The lowest BCUT2D eigenvalue weighted by Gasteiger charge is -2.40. The molecule has 3 aromatic carbocycles. The molecule has 2 N–H and O–H groups in total. The molecule has 0 aromatic heterocycles. The number of nitrogens with zero attached hydrogens (tertiary/aromatic N) is 2. The van der Waals surface area contributed by atoms with Crippen LogP contribution in [0.5, 0.6) is 0 Å². The van der Waals surface area contributed by atoms with Crippen LogP contribution in [0.3, 0.4) is 0 Å². The van der Waals surface area contributed by atoms with Crippen LogP contribution in [-0.4, -0.2) is 5.78 Å². The van der Waals surface area contributed by atoms with Crippen LogP contribution < -0.4 is 10.6 Å². The van der Waals surface area contributed by atoms with Crippen molar-refractivity contribution in [2.24, 2.45) is 5.73 Å². The summed E-state index contributed by atoms with van der Waals surface area (Å²) in [4.78, 5) is 16.3. The van der Waals surface area contributed by atoms with E-state index in [1.54, 1.807) is 47.0 Å². The van der Waals surface area contributed by atoms with Crippen molar-refractivity contribution in [3.8, 4) is 6.07 Å². The van der Waals surface area contributed by atoms with Crippen molar-refractivity contribution in [1.29, 1.82) is 5.26 Å². The van der Waals surface area contributed by atoms with Crippen LogP contribution in [0, 0.1) is 25.2 Å². The Bertz CT molecular complexity index is 1660. The molecule has 9 heteroatoms. The fourth-order valence-electron chi connectivity index (χ4n) is 5.44. The van der Waals surface area contributed by atoms with Gasteiger partial charge in [0.1, 0.15) is 5.82 Å². The molecule has 0 spiro atoms. The first-order valence-electron chi connectivity index (χ1n) is 12.7. The van der Waals surface area contributed by atoms with E-state index >= 15 is 0 Å². The van der Waals surface area contributed by atoms with Gasteiger partial charge in [-0.2, -0.15) is 5.26 Å². The van der Waals surface area contributed by atoms with E-state index in [0.29, 0.717) is 67.8 Å². The number of halogens is 4. The quantitative estimate of drug-likeness (QED) is 0.285. The fourth-order valence-corrected chi connectivity index (χ4v) is 7.29. The summed E-state index contributed by atoms with van der Waals surface area (Å²) in [6, 6.07) is 17.2. The smallest absolute Gasteiger partial charge is 0.161 e. The average Bonchev–Trinajstić information content (AvgIpc) is 2.91. The summed E-state index contributed by atoms with van der Waals surface area (Å²) in [5, 5.41) is 12.5. The monoisotopic (exact) mass is 627 g/mol. The molecule has 1 atom stereocenters. The van der Waals surface area contributed by atoms with Gasteiger partial charge in [-0.05, 0) is 85.3 Å². The predicted octanol–water partition coefficient (Wildman–Crippen LogP) is 9.51. The number of rotatable bonds is 5. The molecule has 1 aliphatic heterocycles. The topological polar surface area (TPSA) is 70.1 Å². The molecular formula is C31H25Cl4N3OS. The van der Waals surface area contributed by atoms with Crippen LogP contribution in [0.1, 0.15) is 47.4 Å². The van der Waals surface area contributed by atoms with Crippen molar-refractivity contribution in [2.45, 2.75) is 49.7 Å². The largest absolute Gasteiger partial charge is 0.384 e. The second-order valence-electron chi connectivity index (χ2n) is 9.91. The lowest BCUT2D eigenvalue weighted by Crippen LogP contribution is -2.39. The molecule has 5 rings (SSSR count). The fraction of sp³-hybridized carbons (Fsp3) is 0.226. The number of allylic oxidation sites excluding steroid dienone is 3. The van der Waals surface area contributed by atoms with Gasteiger partial charge in [0.05, 0.1) is 32.6 Å². The number of benzene rings is 3. The summed E-state index contributed by atoms with van der Waals surface area (Å²) in [6.45, 7) is 4.07. The van der Waals surface area contributed by atoms with Gasteiger partial charge < -0.3 is 5.73 Å². The molecule has 0 amide bonds. The summed E-state index contributed by atoms with van der Waals surface area (Å²) >= 11 is 26.7. The Labute approximate surface area is 258 Å². The van der Waals surface area contributed by atoms with E-state index in [9.17, 15) is 10.1 Å². The summed E-state index contributed by atoms with van der Waals surface area (Å²) < 4.78 is 0. The molecule has 0 fully saturated rings. The van der Waals surface area contributed by atoms with Crippen molar-refractivity contribution >= 4 is 69.6 Å². The Balaban J connectivity index is 1.63. The Morgan fingerprint density at radius 3 is 2.45 bits per heavy atom. The SMILES string of the molecule is Cc1cc(C)c(C2C(C#N)=C(N)N(c3ccc(Cl)c(Cl)c3)C3=C2C(=O)CCC3)cc1CSc1cc(Cl)ccc1Cl. The van der Waals surface area contributed by atoms with Gasteiger partial charge in [0.2, 0.25) is 0 Å². The number of hydrogen-bond donors (Lipinski definition) is 1. The molecular weight excluding hydrogens is 604 g/mol. The number of thioether (sulfide) groups is 1. The summed E-state index contributed by atoms with van der Waals surface area (Å²) in [6.07, 6.45) is 1.77. The number of Topliss-reactive ketones (excluding diaryl/α,β-unsaturated/α-hetero) is 1. The summed E-state index contributed by atoms with van der Waals surface area (Å²) in [5.74, 6) is 0.396. The highest BCUT2D eigenvalue weighted by Crippen LogP contribution is 2.48. The van der Waals surface area contributed by atoms with Crippen LogP contribution >= 0.6 is 58.2 Å². The van der Waals surface area contributed by atoms with Gasteiger partial charge >= 0.3 is 0 Å². The van der Waals surface area contributed by atoms with E-state index in [1.165, 1.54) is 0 Å². The maximum atomic E-state index is 13.6. The third kappa shape index (κ3) is 5.36. The predicted molar refractivity (Wildman–Crippen MR) is 166 cm³/mol. The number of hydrogen-bond acceptors (Lipinski definition) is 5. The minimum absolute atomic E-state index is 0.0261. The second-order valence-corrected chi connectivity index (χ2v) is 12.6. The molecule has 3 aromatic rings. The highest BCUT2D eigenvalue weighted by Gasteiger charge is 2.41. The maximum absolute atomic E-state index is 13.6. The van der Waals surface area contributed by atoms with E-state index in [-0.39, 0.29) is 5.78 Å². The number of aryl methyl sites for hydroxylation is 2. The molecule has 1 heterocycles. The average molecular weight is 629 g/mol. The van der Waals surface area contributed by atoms with E-state index in [1.807, 2.05) is 13.0 Å². The lowest BCUT2D eigenvalue weighted by atomic mass is 9.74. The number of ketones is 1. The molecule has 0 radical (unpaired) electrons. The Hall–Kier alpha value is -2.59.